The molecule has 210 valence electrons. The molecule has 11 heteroatoms. The monoisotopic (exact) mass is 556 g/mol. The molecular formula is C27H35F3N2O5S. The first kappa shape index (κ1) is 31.5. The van der Waals surface area contributed by atoms with Crippen molar-refractivity contribution in [3.05, 3.63) is 70.8 Å². The van der Waals surface area contributed by atoms with Crippen LogP contribution in [0.4, 0.5) is 13.2 Å². The van der Waals surface area contributed by atoms with Crippen molar-refractivity contribution in [1.29, 1.82) is 0 Å². The number of carbonyl (C=O) groups excluding carboxylic acids is 1. The van der Waals surface area contributed by atoms with Crippen molar-refractivity contribution < 1.29 is 36.6 Å². The van der Waals surface area contributed by atoms with Gasteiger partial charge in [-0.2, -0.15) is 21.6 Å². The second-order valence-electron chi connectivity index (χ2n) is 10.2. The smallest absolute Gasteiger partial charge is 0.385 e. The first-order chi connectivity index (χ1) is 17.6. The molecule has 0 aliphatic heterocycles. The molecule has 4 N–H and O–H groups in total. The maximum absolute atomic E-state index is 12.2. The highest BCUT2D eigenvalue weighted by Gasteiger charge is 2.30. The third-order valence-electron chi connectivity index (χ3n) is 5.89. The Labute approximate surface area is 222 Å². The minimum Gasteiger partial charge on any atom is -0.385 e. The molecule has 38 heavy (non-hydrogen) atoms. The normalized spacial score (nSPS) is 17.7. The van der Waals surface area contributed by atoms with E-state index in [-0.39, 0.29) is 17.6 Å². The molecule has 7 nitrogen and oxygen atoms in total. The number of alkyl halides is 3. The highest BCUT2D eigenvalue weighted by atomic mass is 32.2. The molecule has 2 aromatic carbocycles. The average Bonchev–Trinajstić information content (AvgIpc) is 2.82. The number of rotatable bonds is 6. The number of carbonyl (C=O) groups is 1. The van der Waals surface area contributed by atoms with Crippen LogP contribution in [-0.4, -0.2) is 47.7 Å². The molecule has 1 aliphatic carbocycles. The third kappa shape index (κ3) is 9.86. The lowest BCUT2D eigenvalue weighted by molar-refractivity contribution is -0.137. The van der Waals surface area contributed by atoms with Gasteiger partial charge in [-0.1, -0.05) is 48.5 Å². The molecule has 0 heterocycles. The molecule has 0 saturated carbocycles. The van der Waals surface area contributed by atoms with Crippen LogP contribution in [0, 0.1) is 0 Å². The van der Waals surface area contributed by atoms with E-state index in [1.165, 1.54) is 17.7 Å². The summed E-state index contributed by atoms with van der Waals surface area (Å²) in [5.74, 6) is -0.793. The number of benzene rings is 2. The third-order valence-corrected chi connectivity index (χ3v) is 6.39. The Balaban J connectivity index is 0.000000423. The SMILES string of the molecule is C[C@@H](NC(C)(C)C)c1ccc2c(c1)CCC[C@H]2NC(=O)[C@H](O)[C@H](O)C=S(=O)=O.FC(F)(F)c1ccccc1. The van der Waals surface area contributed by atoms with E-state index in [4.69, 9.17) is 0 Å². The van der Waals surface area contributed by atoms with Gasteiger partial charge in [0.1, 0.15) is 6.10 Å². The number of hydrogen-bond acceptors (Lipinski definition) is 6. The van der Waals surface area contributed by atoms with E-state index in [0.717, 1.165) is 36.1 Å². The van der Waals surface area contributed by atoms with Gasteiger partial charge < -0.3 is 20.8 Å². The summed E-state index contributed by atoms with van der Waals surface area (Å²) in [7, 11) is -2.66. The predicted octanol–water partition coefficient (Wildman–Crippen LogP) is 3.74. The summed E-state index contributed by atoms with van der Waals surface area (Å²) in [6.45, 7) is 8.47. The van der Waals surface area contributed by atoms with Crippen LogP contribution in [0.1, 0.15) is 74.9 Å². The van der Waals surface area contributed by atoms with E-state index in [0.29, 0.717) is 11.8 Å². The van der Waals surface area contributed by atoms with Crippen LogP contribution < -0.4 is 10.6 Å². The second kappa shape index (κ2) is 13.4. The topological polar surface area (TPSA) is 116 Å². The first-order valence-corrected chi connectivity index (χ1v) is 13.3. The maximum Gasteiger partial charge on any atom is 0.416 e. The van der Waals surface area contributed by atoms with E-state index in [1.807, 2.05) is 12.1 Å². The quantitative estimate of drug-likeness (QED) is 0.403. The maximum atomic E-state index is 12.2. The zero-order valence-corrected chi connectivity index (χ0v) is 22.6. The summed E-state index contributed by atoms with van der Waals surface area (Å²) in [6.07, 6.45) is -5.30. The molecule has 0 aromatic heterocycles. The van der Waals surface area contributed by atoms with Crippen molar-refractivity contribution in [2.24, 2.45) is 0 Å². The highest BCUT2D eigenvalue weighted by molar-refractivity contribution is 7.71. The summed E-state index contributed by atoms with van der Waals surface area (Å²) >= 11 is 0. The van der Waals surface area contributed by atoms with E-state index < -0.39 is 40.1 Å². The highest BCUT2D eigenvalue weighted by Crippen LogP contribution is 2.32. The van der Waals surface area contributed by atoms with Crippen LogP contribution in [0.3, 0.4) is 0 Å². The fraction of sp³-hybridized carbons (Fsp3) is 0.481. The Kier molecular flexibility index (Phi) is 11.1. The fourth-order valence-corrected chi connectivity index (χ4v) is 4.59. The summed E-state index contributed by atoms with van der Waals surface area (Å²) in [4.78, 5) is 12.2. The van der Waals surface area contributed by atoms with Crippen LogP contribution in [0.25, 0.3) is 0 Å². The molecule has 2 aromatic rings. The number of nitrogens with one attached hydrogen (secondary N) is 2. The number of aliphatic hydroxyl groups is 2. The Morgan fingerprint density at radius 1 is 1.08 bits per heavy atom. The number of fused-ring (bicyclic) bond motifs is 1. The fourth-order valence-electron chi connectivity index (χ4n) is 4.21. The minimum absolute atomic E-state index is 0.00637. The van der Waals surface area contributed by atoms with Crippen molar-refractivity contribution in [2.45, 2.75) is 83.0 Å². The van der Waals surface area contributed by atoms with Crippen molar-refractivity contribution in [3.63, 3.8) is 0 Å². The standard InChI is InChI=1S/C20H30N2O5S.C7H5F3/c1-12(22-20(2,3)4)13-8-9-15-14(10-13)6-5-7-16(15)21-19(25)18(24)17(23)11-28(26)27;8-7(9,10)6-4-2-1-3-5-6/h8-12,16-18,22-24H,5-7H2,1-4H3,(H,21,25);1-5H/t12-,16-,17-,18-;/m1./s1. The summed E-state index contributed by atoms with van der Waals surface area (Å²) < 4.78 is 56.6. The first-order valence-electron chi connectivity index (χ1n) is 12.2. The van der Waals surface area contributed by atoms with Crippen molar-refractivity contribution in [3.8, 4) is 0 Å². The van der Waals surface area contributed by atoms with Gasteiger partial charge in [0.15, 0.2) is 6.10 Å². The number of amides is 1. The molecule has 0 spiro atoms. The van der Waals surface area contributed by atoms with Gasteiger partial charge in [-0.3, -0.25) is 4.79 Å². The lowest BCUT2D eigenvalue weighted by atomic mass is 9.85. The van der Waals surface area contributed by atoms with Gasteiger partial charge in [-0.25, -0.2) is 0 Å². The molecule has 1 aliphatic rings. The van der Waals surface area contributed by atoms with Crippen LogP contribution >= 0.6 is 0 Å². The minimum atomic E-state index is -4.21. The van der Waals surface area contributed by atoms with Crippen LogP contribution in [-0.2, 0) is 27.7 Å². The lowest BCUT2D eigenvalue weighted by Gasteiger charge is -2.30. The number of halogens is 3. The van der Waals surface area contributed by atoms with Gasteiger partial charge in [0.05, 0.1) is 17.0 Å². The summed E-state index contributed by atoms with van der Waals surface area (Å²) in [5, 5.41) is 26.2. The van der Waals surface area contributed by atoms with Crippen molar-refractivity contribution in [1.82, 2.24) is 10.6 Å². The summed E-state index contributed by atoms with van der Waals surface area (Å²) in [6, 6.07) is 12.4. The van der Waals surface area contributed by atoms with Gasteiger partial charge in [-0.15, -0.1) is 0 Å². The number of aryl methyl sites for hydroxylation is 1. The van der Waals surface area contributed by atoms with Crippen LogP contribution in [0.2, 0.25) is 0 Å². The Bertz CT molecular complexity index is 1200. The van der Waals surface area contributed by atoms with Gasteiger partial charge in [0.25, 0.3) is 5.91 Å². The van der Waals surface area contributed by atoms with Crippen LogP contribution in [0.15, 0.2) is 48.5 Å². The molecule has 0 bridgehead atoms. The van der Waals surface area contributed by atoms with E-state index in [1.54, 1.807) is 6.07 Å². The average molecular weight is 557 g/mol. The molecule has 4 atom stereocenters. The number of aliphatic hydroxyl groups excluding tert-OH is 2. The lowest BCUT2D eigenvalue weighted by Crippen LogP contribution is -2.44. The molecule has 0 saturated heterocycles. The second-order valence-corrected chi connectivity index (χ2v) is 11.0. The van der Waals surface area contributed by atoms with Gasteiger partial charge in [0.2, 0.25) is 10.3 Å². The van der Waals surface area contributed by atoms with Crippen molar-refractivity contribution >= 4 is 21.6 Å². The van der Waals surface area contributed by atoms with Gasteiger partial charge in [0, 0.05) is 11.6 Å². The molecule has 3 rings (SSSR count). The zero-order valence-electron chi connectivity index (χ0n) is 21.8. The van der Waals surface area contributed by atoms with Crippen LogP contribution in [0.5, 0.6) is 0 Å². The summed E-state index contributed by atoms with van der Waals surface area (Å²) in [5.41, 5.74) is 2.70. The van der Waals surface area contributed by atoms with Crippen molar-refractivity contribution in [2.75, 3.05) is 0 Å². The zero-order chi connectivity index (χ0) is 28.7. The molecule has 0 fully saturated rings. The molecule has 0 unspecified atom stereocenters. The van der Waals surface area contributed by atoms with E-state index in [9.17, 15) is 36.6 Å². The molecular weight excluding hydrogens is 521 g/mol. The van der Waals surface area contributed by atoms with E-state index >= 15 is 0 Å². The molecule has 0 radical (unpaired) electrons. The molecule has 1 amide bonds. The predicted molar refractivity (Wildman–Crippen MR) is 140 cm³/mol. The Morgan fingerprint density at radius 2 is 1.71 bits per heavy atom. The number of hydrogen-bond donors (Lipinski definition) is 4. The largest absolute Gasteiger partial charge is 0.416 e. The Morgan fingerprint density at radius 3 is 2.24 bits per heavy atom. The van der Waals surface area contributed by atoms with Gasteiger partial charge in [-0.05, 0) is 63.6 Å². The van der Waals surface area contributed by atoms with E-state index in [2.05, 4.69) is 44.4 Å². The van der Waals surface area contributed by atoms with Gasteiger partial charge >= 0.3 is 6.18 Å². The Hall–Kier alpha value is -2.73.